The van der Waals surface area contributed by atoms with Gasteiger partial charge in [0.15, 0.2) is 0 Å². The number of ether oxygens (including phenoxy) is 1. The van der Waals surface area contributed by atoms with Crippen molar-refractivity contribution in [1.29, 1.82) is 0 Å². The van der Waals surface area contributed by atoms with Crippen molar-refractivity contribution in [3.63, 3.8) is 0 Å². The first-order valence-electron chi connectivity index (χ1n) is 35.7. The van der Waals surface area contributed by atoms with E-state index in [-0.39, 0.29) is 31.5 Å². The zero-order valence-corrected chi connectivity index (χ0v) is 57.0. The third-order valence-corrected chi connectivity index (χ3v) is 16.8. The molecule has 0 aromatic heterocycles. The largest absolute Gasteiger partial charge is 0.756 e. The Kier molecular flexibility index (Phi) is 61.5. The van der Waals surface area contributed by atoms with E-state index in [1.165, 1.54) is 225 Å². The fraction of sp³-hybridized carbons (Fsp3) is 0.811. The first-order valence-corrected chi connectivity index (χ1v) is 37.2. The van der Waals surface area contributed by atoms with E-state index in [2.05, 4.69) is 86.8 Å². The fourth-order valence-electron chi connectivity index (χ4n) is 10.3. The number of unbranched alkanes of at least 4 members (excludes halogenated alkanes) is 39. The van der Waals surface area contributed by atoms with Gasteiger partial charge in [-0.2, -0.15) is 0 Å². The first kappa shape index (κ1) is 81.5. The predicted molar refractivity (Wildman–Crippen MR) is 362 cm³/mol. The van der Waals surface area contributed by atoms with Crippen LogP contribution >= 0.6 is 7.82 Å². The molecular formula is C74H137N2O7P. The van der Waals surface area contributed by atoms with Crippen LogP contribution in [0.15, 0.2) is 72.9 Å². The SMILES string of the molecule is CCCCC/C=C\C/C=C\C/C=C\C/C=C\CCCCCCCCCCCCCC(=O)OC(/C=C\CCCCCCCCCCCC)C(COP(=O)([O-])OCC[N+](C)(C)C)NC(=O)CCCCCCCCCCC/C=C/CCCCCCCC. The minimum Gasteiger partial charge on any atom is -0.756 e. The second-order valence-electron chi connectivity index (χ2n) is 25.4. The zero-order valence-electron chi connectivity index (χ0n) is 56.1. The summed E-state index contributed by atoms with van der Waals surface area (Å²) in [5.74, 6) is -0.538. The van der Waals surface area contributed by atoms with Crippen molar-refractivity contribution in [1.82, 2.24) is 5.32 Å². The summed E-state index contributed by atoms with van der Waals surface area (Å²) < 4.78 is 30.4. The summed E-state index contributed by atoms with van der Waals surface area (Å²) in [7, 11) is 1.19. The number of phosphoric ester groups is 1. The molecular weight excluding hydrogens is 1060 g/mol. The highest BCUT2D eigenvalue weighted by Gasteiger charge is 2.27. The van der Waals surface area contributed by atoms with E-state index in [9.17, 15) is 19.0 Å². The van der Waals surface area contributed by atoms with Gasteiger partial charge in [0.05, 0.1) is 33.8 Å². The standard InChI is InChI=1S/C74H137N2O7P/c1-7-10-13-16-19-22-25-28-30-32-34-35-36-37-38-39-40-41-43-45-47-49-52-55-58-61-64-67-74(78)83-72(65-62-59-56-53-50-27-24-21-18-15-12-9-3)71(70-82-84(79,80)81-69-68-76(4,5)6)75-73(77)66-63-60-57-54-51-48-46-44-42-33-31-29-26-23-20-17-14-11-8-2/h19,22,28-31,34-35,37-38,62,65,71-72H,7-18,20-21,23-27,32-33,36,39-61,63-64,66-70H2,1-6H3,(H-,75,77,79,80)/b22-19-,30-28-,31-29+,35-34-,38-37-,65-62-. The molecule has 0 aliphatic carbocycles. The number of phosphoric acid groups is 1. The van der Waals surface area contributed by atoms with E-state index >= 15 is 0 Å². The maximum atomic E-state index is 13.6. The second kappa shape index (κ2) is 63.5. The van der Waals surface area contributed by atoms with Crippen LogP contribution in [0.4, 0.5) is 0 Å². The molecule has 0 aromatic rings. The Hall–Kier alpha value is -2.55. The average Bonchev–Trinajstić information content (AvgIpc) is 3.65. The summed E-state index contributed by atoms with van der Waals surface area (Å²) >= 11 is 0. The van der Waals surface area contributed by atoms with Gasteiger partial charge in [-0.15, -0.1) is 0 Å². The second-order valence-corrected chi connectivity index (χ2v) is 26.8. The molecule has 10 heteroatoms. The highest BCUT2D eigenvalue weighted by Crippen LogP contribution is 2.38. The maximum absolute atomic E-state index is 13.6. The number of hydrogen-bond acceptors (Lipinski definition) is 7. The van der Waals surface area contributed by atoms with Crippen LogP contribution in [0.3, 0.4) is 0 Å². The Morgan fingerprint density at radius 3 is 1.12 bits per heavy atom. The predicted octanol–water partition coefficient (Wildman–Crippen LogP) is 22.1. The van der Waals surface area contributed by atoms with Crippen molar-refractivity contribution in [2.75, 3.05) is 40.9 Å². The molecule has 0 rings (SSSR count). The number of carbonyl (C=O) groups excluding carboxylic acids is 2. The molecule has 3 unspecified atom stereocenters. The number of allylic oxidation sites excluding steroid dienone is 11. The van der Waals surface area contributed by atoms with Gasteiger partial charge in [-0.3, -0.25) is 14.2 Å². The first-order chi connectivity index (χ1) is 40.9. The Balaban J connectivity index is 5.05. The molecule has 0 aromatic carbocycles. The number of quaternary nitrogens is 1. The summed E-state index contributed by atoms with van der Waals surface area (Å²) in [5.41, 5.74) is 0. The van der Waals surface area contributed by atoms with Crippen molar-refractivity contribution in [2.45, 2.75) is 348 Å². The number of nitrogens with zero attached hydrogens (tertiary/aromatic N) is 1. The zero-order chi connectivity index (χ0) is 61.4. The van der Waals surface area contributed by atoms with Gasteiger partial charge in [-0.1, -0.05) is 293 Å². The lowest BCUT2D eigenvalue weighted by Gasteiger charge is -2.30. The maximum Gasteiger partial charge on any atom is 0.306 e. The van der Waals surface area contributed by atoms with Crippen LogP contribution in [0, 0.1) is 0 Å². The van der Waals surface area contributed by atoms with Crippen molar-refractivity contribution in [2.24, 2.45) is 0 Å². The molecule has 1 amide bonds. The molecule has 0 radical (unpaired) electrons. The topological polar surface area (TPSA) is 114 Å². The van der Waals surface area contributed by atoms with Gasteiger partial charge in [-0.05, 0) is 102 Å². The van der Waals surface area contributed by atoms with Gasteiger partial charge >= 0.3 is 5.97 Å². The number of likely N-dealkylation sites (N-methyl/N-ethyl adjacent to an activating group) is 1. The molecule has 0 heterocycles. The summed E-state index contributed by atoms with van der Waals surface area (Å²) in [6, 6.07) is -0.893. The van der Waals surface area contributed by atoms with Gasteiger partial charge in [-0.25, -0.2) is 0 Å². The van der Waals surface area contributed by atoms with E-state index in [4.69, 9.17) is 13.8 Å². The quantitative estimate of drug-likeness (QED) is 0.0212. The number of carbonyl (C=O) groups is 2. The monoisotopic (exact) mass is 1200 g/mol. The van der Waals surface area contributed by atoms with E-state index in [1.807, 2.05) is 33.3 Å². The molecule has 0 bridgehead atoms. The lowest BCUT2D eigenvalue weighted by atomic mass is 10.0. The number of hydrogen-bond donors (Lipinski definition) is 1. The minimum absolute atomic E-state index is 0.0241. The average molecular weight is 1200 g/mol. The Labute approximate surface area is 521 Å². The normalized spacial score (nSPS) is 13.9. The molecule has 0 fully saturated rings. The van der Waals surface area contributed by atoms with Crippen LogP contribution in [0.2, 0.25) is 0 Å². The molecule has 0 aliphatic rings. The van der Waals surface area contributed by atoms with Gasteiger partial charge < -0.3 is 28.5 Å². The Bertz CT molecular complexity index is 1670. The van der Waals surface area contributed by atoms with Crippen LogP contribution < -0.4 is 10.2 Å². The summed E-state index contributed by atoms with van der Waals surface area (Å²) in [5, 5.41) is 3.04. The summed E-state index contributed by atoms with van der Waals surface area (Å²) in [4.78, 5) is 40.2. The Morgan fingerprint density at radius 1 is 0.417 bits per heavy atom. The molecule has 9 nitrogen and oxygen atoms in total. The number of esters is 1. The van der Waals surface area contributed by atoms with Crippen LogP contribution in [0.5, 0.6) is 0 Å². The number of rotatable bonds is 65. The third kappa shape index (κ3) is 63.9. The molecule has 490 valence electrons. The molecule has 0 aliphatic heterocycles. The minimum atomic E-state index is -4.71. The van der Waals surface area contributed by atoms with Crippen molar-refractivity contribution in [3.05, 3.63) is 72.9 Å². The van der Waals surface area contributed by atoms with Crippen LogP contribution in [-0.4, -0.2) is 69.4 Å². The molecule has 0 spiro atoms. The summed E-state index contributed by atoms with van der Waals surface area (Å²) in [6.45, 7) is 6.84. The number of nitrogens with one attached hydrogen (secondary N) is 1. The number of amides is 1. The molecule has 3 atom stereocenters. The molecule has 0 saturated heterocycles. The highest BCUT2D eigenvalue weighted by molar-refractivity contribution is 7.45. The van der Waals surface area contributed by atoms with Crippen molar-refractivity contribution >= 4 is 19.7 Å². The Morgan fingerprint density at radius 2 is 0.726 bits per heavy atom. The molecule has 0 saturated carbocycles. The van der Waals surface area contributed by atoms with Crippen molar-refractivity contribution in [3.8, 4) is 0 Å². The van der Waals surface area contributed by atoms with Gasteiger partial charge in [0.25, 0.3) is 7.82 Å². The fourth-order valence-corrected chi connectivity index (χ4v) is 11.0. The highest BCUT2D eigenvalue weighted by atomic mass is 31.2. The van der Waals surface area contributed by atoms with E-state index in [0.29, 0.717) is 17.4 Å². The van der Waals surface area contributed by atoms with Crippen LogP contribution in [-0.2, 0) is 27.9 Å². The van der Waals surface area contributed by atoms with Gasteiger partial charge in [0.2, 0.25) is 5.91 Å². The van der Waals surface area contributed by atoms with Crippen LogP contribution in [0.25, 0.3) is 0 Å². The van der Waals surface area contributed by atoms with E-state index in [0.717, 1.165) is 77.0 Å². The lowest BCUT2D eigenvalue weighted by Crippen LogP contribution is -2.47. The van der Waals surface area contributed by atoms with Gasteiger partial charge in [0, 0.05) is 12.8 Å². The smallest absolute Gasteiger partial charge is 0.306 e. The third-order valence-electron chi connectivity index (χ3n) is 15.9. The van der Waals surface area contributed by atoms with Crippen LogP contribution in [0.1, 0.15) is 335 Å². The summed E-state index contributed by atoms with van der Waals surface area (Å²) in [6.07, 6.45) is 83.0. The molecule has 1 N–H and O–H groups in total. The van der Waals surface area contributed by atoms with E-state index in [1.54, 1.807) is 0 Å². The lowest BCUT2D eigenvalue weighted by molar-refractivity contribution is -0.870. The molecule has 84 heavy (non-hydrogen) atoms. The van der Waals surface area contributed by atoms with Crippen molar-refractivity contribution < 1.29 is 37.3 Å². The van der Waals surface area contributed by atoms with E-state index < -0.39 is 20.0 Å². The van der Waals surface area contributed by atoms with Gasteiger partial charge in [0.1, 0.15) is 19.3 Å².